The fourth-order valence-electron chi connectivity index (χ4n) is 3.53. The summed E-state index contributed by atoms with van der Waals surface area (Å²) in [6, 6.07) is 6.31. The van der Waals surface area contributed by atoms with Crippen LogP contribution in [0, 0.1) is 5.92 Å². The van der Waals surface area contributed by atoms with Crippen LogP contribution >= 0.6 is 0 Å². The van der Waals surface area contributed by atoms with Gasteiger partial charge in [-0.05, 0) is 30.9 Å². The van der Waals surface area contributed by atoms with Gasteiger partial charge >= 0.3 is 0 Å². The minimum atomic E-state index is -3.64. The van der Waals surface area contributed by atoms with E-state index in [2.05, 4.69) is 0 Å². The highest BCUT2D eigenvalue weighted by atomic mass is 32.2. The zero-order chi connectivity index (χ0) is 15.9. The van der Waals surface area contributed by atoms with E-state index in [1.807, 2.05) is 0 Å². The molecule has 0 radical (unpaired) electrons. The first kappa shape index (κ1) is 15.2. The molecule has 22 heavy (non-hydrogen) atoms. The third kappa shape index (κ3) is 2.66. The first-order valence-corrected chi connectivity index (χ1v) is 9.07. The molecule has 118 valence electrons. The quantitative estimate of drug-likeness (QED) is 0.843. The van der Waals surface area contributed by atoms with Crippen molar-refractivity contribution in [2.45, 2.75) is 31.7 Å². The first-order chi connectivity index (χ1) is 10.4. The number of sulfonamides is 1. The molecule has 2 aliphatic rings. The normalized spacial score (nSPS) is 25.4. The van der Waals surface area contributed by atoms with Crippen LogP contribution in [0.1, 0.15) is 46.4 Å². The molecule has 0 bridgehead atoms. The lowest BCUT2D eigenvalue weighted by Crippen LogP contribution is -2.48. The van der Waals surface area contributed by atoms with Gasteiger partial charge in [0.1, 0.15) is 0 Å². The number of imide groups is 1. The van der Waals surface area contributed by atoms with E-state index in [9.17, 15) is 18.0 Å². The van der Waals surface area contributed by atoms with Crippen LogP contribution in [0.3, 0.4) is 0 Å². The molecule has 3 rings (SSSR count). The molecule has 7 heteroatoms. The summed E-state index contributed by atoms with van der Waals surface area (Å²) in [6.07, 6.45) is 3.05. The van der Waals surface area contributed by atoms with E-state index in [0.717, 1.165) is 12.8 Å². The fraction of sp³-hybridized carbons (Fsp3) is 0.467. The highest BCUT2D eigenvalue weighted by molar-refractivity contribution is 7.89. The van der Waals surface area contributed by atoms with E-state index >= 15 is 0 Å². The molecule has 1 fully saturated rings. The van der Waals surface area contributed by atoms with Gasteiger partial charge < -0.3 is 0 Å². The van der Waals surface area contributed by atoms with Crippen LogP contribution in [-0.4, -0.2) is 36.9 Å². The van der Waals surface area contributed by atoms with E-state index in [1.54, 1.807) is 24.3 Å². The van der Waals surface area contributed by atoms with Crippen molar-refractivity contribution in [3.63, 3.8) is 0 Å². The first-order valence-electron chi connectivity index (χ1n) is 7.36. The van der Waals surface area contributed by atoms with E-state index in [1.165, 1.54) is 4.90 Å². The van der Waals surface area contributed by atoms with Gasteiger partial charge in [0.15, 0.2) is 0 Å². The van der Waals surface area contributed by atoms with Crippen molar-refractivity contribution < 1.29 is 18.0 Å². The molecule has 2 atom stereocenters. The van der Waals surface area contributed by atoms with Gasteiger partial charge in [-0.25, -0.2) is 13.6 Å². The van der Waals surface area contributed by atoms with Crippen LogP contribution in [0.2, 0.25) is 0 Å². The van der Waals surface area contributed by atoms with Gasteiger partial charge in [-0.15, -0.1) is 0 Å². The molecule has 2 N–H and O–H groups in total. The maximum Gasteiger partial charge on any atom is 0.261 e. The van der Waals surface area contributed by atoms with E-state index in [0.29, 0.717) is 24.0 Å². The Morgan fingerprint density at radius 3 is 2.14 bits per heavy atom. The number of fused-ring (bicyclic) bond motifs is 1. The monoisotopic (exact) mass is 322 g/mol. The minimum absolute atomic E-state index is 0.189. The molecule has 0 aromatic heterocycles. The van der Waals surface area contributed by atoms with Crippen molar-refractivity contribution in [2.24, 2.45) is 11.1 Å². The van der Waals surface area contributed by atoms with Gasteiger partial charge in [0.25, 0.3) is 11.8 Å². The summed E-state index contributed by atoms with van der Waals surface area (Å²) in [5.41, 5.74) is 0.792. The van der Waals surface area contributed by atoms with Gasteiger partial charge in [-0.1, -0.05) is 25.0 Å². The topological polar surface area (TPSA) is 97.5 Å². The molecular formula is C15H18N2O4S. The van der Waals surface area contributed by atoms with Gasteiger partial charge in [0.05, 0.1) is 16.9 Å². The highest BCUT2D eigenvalue weighted by Gasteiger charge is 2.43. The van der Waals surface area contributed by atoms with Crippen molar-refractivity contribution in [3.05, 3.63) is 35.4 Å². The van der Waals surface area contributed by atoms with E-state index in [-0.39, 0.29) is 29.5 Å². The summed E-state index contributed by atoms with van der Waals surface area (Å²) in [5, 5.41) is 5.16. The molecule has 1 aromatic carbocycles. The SMILES string of the molecule is NS(=O)(=O)C[C@@H]1CCCC[C@H]1N1C(=O)c2ccccc2C1=O. The van der Waals surface area contributed by atoms with E-state index in [4.69, 9.17) is 5.14 Å². The molecule has 1 aliphatic carbocycles. The second-order valence-corrected chi connectivity index (χ2v) is 7.63. The van der Waals surface area contributed by atoms with Crippen molar-refractivity contribution in [1.82, 2.24) is 4.90 Å². The molecular weight excluding hydrogens is 304 g/mol. The standard InChI is InChI=1S/C15H18N2O4S/c16-22(20,21)9-10-5-1-4-8-13(10)17-14(18)11-6-2-3-7-12(11)15(17)19/h2-3,6-7,10,13H,1,4-5,8-9H2,(H2,16,20,21)/t10-,13+/m0/s1. The van der Waals surface area contributed by atoms with Crippen molar-refractivity contribution in [3.8, 4) is 0 Å². The van der Waals surface area contributed by atoms with Crippen molar-refractivity contribution >= 4 is 21.8 Å². The van der Waals surface area contributed by atoms with Crippen LogP contribution in [0.25, 0.3) is 0 Å². The Labute approximate surface area is 129 Å². The van der Waals surface area contributed by atoms with Crippen LogP contribution in [0.15, 0.2) is 24.3 Å². The second-order valence-electron chi connectivity index (χ2n) is 5.97. The van der Waals surface area contributed by atoms with Gasteiger partial charge in [-0.3, -0.25) is 14.5 Å². The van der Waals surface area contributed by atoms with Crippen LogP contribution < -0.4 is 5.14 Å². The number of benzene rings is 1. The molecule has 1 heterocycles. The van der Waals surface area contributed by atoms with Crippen LogP contribution in [-0.2, 0) is 10.0 Å². The molecule has 1 saturated carbocycles. The average molecular weight is 322 g/mol. The Morgan fingerprint density at radius 1 is 1.05 bits per heavy atom. The highest BCUT2D eigenvalue weighted by Crippen LogP contribution is 2.34. The number of primary sulfonamides is 1. The van der Waals surface area contributed by atoms with Crippen molar-refractivity contribution in [2.75, 3.05) is 5.75 Å². The molecule has 1 aliphatic heterocycles. The number of carbonyl (C=O) groups is 2. The molecule has 0 unspecified atom stereocenters. The predicted octanol–water partition coefficient (Wildman–Crippen LogP) is 1.13. The zero-order valence-corrected chi connectivity index (χ0v) is 12.9. The Balaban J connectivity index is 1.92. The summed E-state index contributed by atoms with van der Waals surface area (Å²) >= 11 is 0. The lowest BCUT2D eigenvalue weighted by molar-refractivity contribution is 0.0488. The van der Waals surface area contributed by atoms with Gasteiger partial charge in [-0.2, -0.15) is 0 Å². The maximum atomic E-state index is 12.5. The molecule has 0 saturated heterocycles. The smallest absolute Gasteiger partial charge is 0.261 e. The number of rotatable bonds is 3. The number of nitrogens with two attached hydrogens (primary N) is 1. The Kier molecular flexibility index (Phi) is 3.78. The lowest BCUT2D eigenvalue weighted by Gasteiger charge is -2.36. The third-order valence-electron chi connectivity index (χ3n) is 4.47. The van der Waals surface area contributed by atoms with Crippen LogP contribution in [0.4, 0.5) is 0 Å². The molecule has 6 nitrogen and oxygen atoms in total. The largest absolute Gasteiger partial charge is 0.271 e. The number of hydrogen-bond acceptors (Lipinski definition) is 4. The zero-order valence-electron chi connectivity index (χ0n) is 12.1. The predicted molar refractivity (Wildman–Crippen MR) is 80.7 cm³/mol. The van der Waals surface area contributed by atoms with Gasteiger partial charge in [0, 0.05) is 6.04 Å². The number of hydrogen-bond donors (Lipinski definition) is 1. The summed E-state index contributed by atoms with van der Waals surface area (Å²) in [5.74, 6) is -1.13. The summed E-state index contributed by atoms with van der Waals surface area (Å²) in [4.78, 5) is 26.3. The summed E-state index contributed by atoms with van der Waals surface area (Å²) in [6.45, 7) is 0. The number of carbonyl (C=O) groups excluding carboxylic acids is 2. The van der Waals surface area contributed by atoms with Gasteiger partial charge in [0.2, 0.25) is 10.0 Å². The Bertz CT molecular complexity index is 694. The minimum Gasteiger partial charge on any atom is -0.271 e. The van der Waals surface area contributed by atoms with E-state index < -0.39 is 10.0 Å². The average Bonchev–Trinajstić information content (AvgIpc) is 2.71. The number of nitrogens with zero attached hydrogens (tertiary/aromatic N) is 1. The maximum absolute atomic E-state index is 12.5. The molecule has 0 spiro atoms. The Morgan fingerprint density at radius 2 is 1.59 bits per heavy atom. The van der Waals surface area contributed by atoms with Crippen molar-refractivity contribution in [1.29, 1.82) is 0 Å². The number of amides is 2. The third-order valence-corrected chi connectivity index (χ3v) is 5.37. The summed E-state index contributed by atoms with van der Waals surface area (Å²) < 4.78 is 22.9. The lowest BCUT2D eigenvalue weighted by atomic mass is 9.84. The Hall–Kier alpha value is -1.73. The molecule has 1 aromatic rings. The van der Waals surface area contributed by atoms with Crippen LogP contribution in [0.5, 0.6) is 0 Å². The fourth-order valence-corrected chi connectivity index (χ4v) is 4.52. The molecule has 2 amide bonds. The summed E-state index contributed by atoms with van der Waals surface area (Å²) in [7, 11) is -3.64. The second kappa shape index (κ2) is 5.48.